The number of hydrogen-bond acceptors (Lipinski definition) is 15. The van der Waals surface area contributed by atoms with Crippen molar-refractivity contribution in [3.05, 3.63) is 133 Å². The Morgan fingerprint density at radius 1 is 0.957 bits per heavy atom. The minimum Gasteiger partial charge on any atom is -0.496 e. The summed E-state index contributed by atoms with van der Waals surface area (Å²) in [6.45, 7) is 9.58. The van der Waals surface area contributed by atoms with E-state index in [4.69, 9.17) is 40.3 Å². The summed E-state index contributed by atoms with van der Waals surface area (Å²) in [5, 5.41) is 20.5. The smallest absolute Gasteiger partial charge is 0.330 e. The second kappa shape index (κ2) is 19.8. The summed E-state index contributed by atoms with van der Waals surface area (Å²) in [6, 6.07) is 15.2. The van der Waals surface area contributed by atoms with Gasteiger partial charge in [-0.05, 0) is 76.6 Å². The molecule has 1 aliphatic rings. The third kappa shape index (κ3) is 8.84. The number of thiophene rings is 1. The predicted molar refractivity (Wildman–Crippen MR) is 262 cm³/mol. The predicted octanol–water partition coefficient (Wildman–Crippen LogP) is 6.57. The molecule has 70 heavy (non-hydrogen) atoms. The summed E-state index contributed by atoms with van der Waals surface area (Å²) in [4.78, 5) is 69.1. The molecule has 0 bridgehead atoms. The van der Waals surface area contributed by atoms with E-state index in [1.165, 1.54) is 23.0 Å². The summed E-state index contributed by atoms with van der Waals surface area (Å²) in [5.74, 6) is 1.00. The van der Waals surface area contributed by atoms with Crippen LogP contribution in [-0.2, 0) is 25.6 Å². The number of pyridine rings is 2. The zero-order chi connectivity index (χ0) is 49.4. The van der Waals surface area contributed by atoms with Crippen molar-refractivity contribution >= 4 is 68.4 Å². The number of halogens is 1. The molecule has 0 radical (unpaired) electrons. The van der Waals surface area contributed by atoms with Crippen LogP contribution in [0.15, 0.2) is 81.3 Å². The summed E-state index contributed by atoms with van der Waals surface area (Å²) in [6.07, 6.45) is 3.21. The van der Waals surface area contributed by atoms with Gasteiger partial charge in [-0.15, -0.1) is 21.5 Å². The van der Waals surface area contributed by atoms with Gasteiger partial charge in [-0.1, -0.05) is 35.0 Å². The Labute approximate surface area is 409 Å². The lowest BCUT2D eigenvalue weighted by molar-refractivity contribution is -0.141. The highest BCUT2D eigenvalue weighted by molar-refractivity contribution is 7.17. The maximum absolute atomic E-state index is 14.4. The van der Waals surface area contributed by atoms with E-state index in [2.05, 4.69) is 31.0 Å². The SMILES string of the molecule is COC(=O)CC1N=C(c2ccc(Cl)cc2)c2c(sc(C(=O)NCCOCCNC(=O)Cn3c(=O)n(C(C)c4ccccn4)c4c5cc(OC)c(-c6c(C)noc6C)cc5ncc43)c2C)-n2c(C)nnc21. The number of rotatable bonds is 16. The molecule has 9 rings (SSSR count). The number of ether oxygens (including phenoxy) is 3. The number of fused-ring (bicyclic) bond motifs is 6. The van der Waals surface area contributed by atoms with Gasteiger partial charge in [0.15, 0.2) is 5.82 Å². The fourth-order valence-electron chi connectivity index (χ4n) is 8.83. The molecule has 19 nitrogen and oxygen atoms in total. The van der Waals surface area contributed by atoms with Gasteiger partial charge in [0.1, 0.15) is 34.9 Å². The van der Waals surface area contributed by atoms with E-state index in [0.29, 0.717) is 88.2 Å². The molecule has 360 valence electrons. The average molecular weight is 987 g/mol. The van der Waals surface area contributed by atoms with E-state index in [1.54, 1.807) is 43.1 Å². The van der Waals surface area contributed by atoms with Gasteiger partial charge in [-0.3, -0.25) is 43.0 Å². The molecule has 2 N–H and O–H groups in total. The number of aliphatic imine (C=N–C) groups is 1. The van der Waals surface area contributed by atoms with Crippen molar-refractivity contribution in [2.75, 3.05) is 40.5 Å². The summed E-state index contributed by atoms with van der Waals surface area (Å²) >= 11 is 7.52. The first-order chi connectivity index (χ1) is 33.8. The number of aromatic nitrogens is 8. The van der Waals surface area contributed by atoms with E-state index >= 15 is 0 Å². The van der Waals surface area contributed by atoms with E-state index in [1.807, 2.05) is 74.7 Å². The lowest BCUT2D eigenvalue weighted by Crippen LogP contribution is -2.35. The Bertz CT molecular complexity index is 3390. The Kier molecular flexibility index (Phi) is 13.5. The monoisotopic (exact) mass is 985 g/mol. The van der Waals surface area contributed by atoms with Crippen LogP contribution in [0.2, 0.25) is 5.02 Å². The van der Waals surface area contributed by atoms with E-state index in [-0.39, 0.29) is 45.2 Å². The third-order valence-electron chi connectivity index (χ3n) is 12.2. The minimum atomic E-state index is -0.701. The van der Waals surface area contributed by atoms with Gasteiger partial charge >= 0.3 is 11.7 Å². The van der Waals surface area contributed by atoms with Crippen molar-refractivity contribution in [3.63, 3.8) is 0 Å². The molecular weight excluding hydrogens is 938 g/mol. The van der Waals surface area contributed by atoms with Crippen LogP contribution in [0, 0.1) is 27.7 Å². The largest absolute Gasteiger partial charge is 0.496 e. The van der Waals surface area contributed by atoms with E-state index in [0.717, 1.165) is 16.7 Å². The highest BCUT2D eigenvalue weighted by Crippen LogP contribution is 2.41. The van der Waals surface area contributed by atoms with Crippen molar-refractivity contribution in [2.24, 2.45) is 4.99 Å². The van der Waals surface area contributed by atoms with E-state index < -0.39 is 29.6 Å². The van der Waals surface area contributed by atoms with Crippen LogP contribution in [-0.4, -0.2) is 103 Å². The van der Waals surface area contributed by atoms with Gasteiger partial charge in [-0.2, -0.15) is 0 Å². The lowest BCUT2D eigenvalue weighted by atomic mass is 9.99. The molecule has 0 saturated carbocycles. The molecule has 0 spiro atoms. The first-order valence-corrected chi connectivity index (χ1v) is 23.5. The minimum absolute atomic E-state index is 0.0615. The number of benzene rings is 2. The topological polar surface area (TPSA) is 225 Å². The van der Waals surface area contributed by atoms with Crippen LogP contribution in [0.25, 0.3) is 38.1 Å². The first-order valence-electron chi connectivity index (χ1n) is 22.3. The molecule has 8 aromatic rings. The van der Waals surface area contributed by atoms with Crippen molar-refractivity contribution in [3.8, 4) is 21.9 Å². The Morgan fingerprint density at radius 3 is 2.43 bits per heavy atom. The molecule has 2 atom stereocenters. The molecular formula is C49H48ClN11O8S. The van der Waals surface area contributed by atoms with Crippen molar-refractivity contribution in [1.82, 2.24) is 49.7 Å². The number of methoxy groups -OCH3 is 2. The number of esters is 1. The fraction of sp³-hybridized carbons (Fsp3) is 0.306. The maximum Gasteiger partial charge on any atom is 0.330 e. The van der Waals surface area contributed by atoms with Crippen LogP contribution >= 0.6 is 22.9 Å². The molecule has 1 aliphatic heterocycles. The standard InChI is InChI=1S/C49H48ClN11O8S/c1-25-41-43(30-11-13-31(50)14-12-30)55-36(22-40(63)67-7)46-57-56-29(5)61(46)48(41)70-45(25)47(64)53-17-19-68-18-16-52-39(62)24-59-37-23-54-35-20-33(42-26(2)58-69-28(42)4)38(66-6)21-32(35)44(37)60(49(59)65)27(3)34-10-8-9-15-51-34/h8-15,20-21,23,27,36H,16-19,22,24H2,1-7H3,(H,52,62)(H,53,64). The average Bonchev–Trinajstić information content (AvgIpc) is 4.07. The van der Waals surface area contributed by atoms with Crippen molar-refractivity contribution in [1.29, 1.82) is 0 Å². The molecule has 0 fully saturated rings. The molecule has 6 aromatic heterocycles. The van der Waals surface area contributed by atoms with Crippen LogP contribution in [0.3, 0.4) is 0 Å². The van der Waals surface area contributed by atoms with Crippen LogP contribution in [0.1, 0.15) is 80.6 Å². The maximum atomic E-state index is 14.4. The Balaban J connectivity index is 0.880. The molecule has 2 unspecified atom stereocenters. The zero-order valence-electron chi connectivity index (χ0n) is 39.3. The number of carbonyl (C=O) groups is 3. The molecule has 0 saturated heterocycles. The van der Waals surface area contributed by atoms with Gasteiger partial charge in [0, 0.05) is 46.4 Å². The summed E-state index contributed by atoms with van der Waals surface area (Å²) in [7, 11) is 2.90. The van der Waals surface area contributed by atoms with Crippen LogP contribution < -0.4 is 21.1 Å². The van der Waals surface area contributed by atoms with Gasteiger partial charge in [-0.25, -0.2) is 4.79 Å². The quantitative estimate of drug-likeness (QED) is 0.0773. The second-order valence-corrected chi connectivity index (χ2v) is 18.0. The number of nitrogens with zero attached hydrogens (tertiary/aromatic N) is 9. The number of carbonyl (C=O) groups excluding carboxylic acids is 3. The van der Waals surface area contributed by atoms with Crippen LogP contribution in [0.4, 0.5) is 0 Å². The highest BCUT2D eigenvalue weighted by atomic mass is 35.5. The van der Waals surface area contributed by atoms with Crippen molar-refractivity contribution < 1.29 is 33.1 Å². The van der Waals surface area contributed by atoms with Gasteiger partial charge in [0.2, 0.25) is 5.91 Å². The van der Waals surface area contributed by atoms with Gasteiger partial charge in [0.05, 0.1) is 90.2 Å². The number of nitrogens with one attached hydrogen (secondary N) is 2. The third-order valence-corrected chi connectivity index (χ3v) is 13.8. The highest BCUT2D eigenvalue weighted by Gasteiger charge is 2.34. The molecule has 7 heterocycles. The first kappa shape index (κ1) is 47.5. The van der Waals surface area contributed by atoms with Crippen molar-refractivity contribution in [2.45, 2.75) is 59.7 Å². The Morgan fingerprint density at radius 2 is 1.73 bits per heavy atom. The number of hydrogen-bond donors (Lipinski definition) is 2. The lowest BCUT2D eigenvalue weighted by Gasteiger charge is -2.15. The molecule has 21 heteroatoms. The second-order valence-electron chi connectivity index (χ2n) is 16.6. The van der Waals surface area contributed by atoms with E-state index in [9.17, 15) is 19.2 Å². The number of imidazole rings is 1. The fourth-order valence-corrected chi connectivity index (χ4v) is 10.2. The summed E-state index contributed by atoms with van der Waals surface area (Å²) in [5.41, 5.74) is 6.84. The summed E-state index contributed by atoms with van der Waals surface area (Å²) < 4.78 is 27.0. The van der Waals surface area contributed by atoms with Gasteiger partial charge < -0.3 is 29.4 Å². The number of aryl methyl sites for hydroxylation is 3. The zero-order valence-corrected chi connectivity index (χ0v) is 40.9. The van der Waals surface area contributed by atoms with Gasteiger partial charge in [0.25, 0.3) is 5.91 Å². The molecule has 0 aliphatic carbocycles. The molecule has 2 aromatic carbocycles. The number of amides is 2. The molecule has 2 amide bonds. The Hall–Kier alpha value is -7.55. The van der Waals surface area contributed by atoms with Crippen LogP contribution in [0.5, 0.6) is 5.75 Å². The normalized spacial score (nSPS) is 13.7.